The van der Waals surface area contributed by atoms with E-state index in [0.717, 1.165) is 36.9 Å². The number of anilines is 1. The Hall–Kier alpha value is -8.79. The molecular weight excluding hydrogens is 1540 g/mol. The van der Waals surface area contributed by atoms with Crippen molar-refractivity contribution in [3.05, 3.63) is 98.6 Å². The van der Waals surface area contributed by atoms with Crippen LogP contribution in [0, 0.1) is 15.4 Å². The molecular formula is C73H101IN9O24P. The second-order valence-corrected chi connectivity index (χ2v) is 27.0. The van der Waals surface area contributed by atoms with E-state index in [0.29, 0.717) is 50.8 Å². The van der Waals surface area contributed by atoms with Crippen LogP contribution < -0.4 is 42.1 Å². The molecule has 4 unspecified atom stereocenters. The van der Waals surface area contributed by atoms with Crippen LogP contribution in [0.3, 0.4) is 0 Å². The first kappa shape index (κ1) is 91.6. The van der Waals surface area contributed by atoms with Crippen LogP contribution >= 0.6 is 31.5 Å². The Balaban J connectivity index is 1.12. The van der Waals surface area contributed by atoms with Gasteiger partial charge in [-0.3, -0.25) is 47.9 Å². The predicted molar refractivity (Wildman–Crippen MR) is 400 cm³/mol. The van der Waals surface area contributed by atoms with Gasteiger partial charge in [0.1, 0.15) is 36.9 Å². The third-order valence-electron chi connectivity index (χ3n) is 16.6. The lowest BCUT2D eigenvalue weighted by Crippen LogP contribution is -2.52. The van der Waals surface area contributed by atoms with Gasteiger partial charge in [-0.05, 0) is 141 Å². The van der Waals surface area contributed by atoms with Crippen molar-refractivity contribution in [2.45, 2.75) is 172 Å². The molecule has 35 heteroatoms. The van der Waals surface area contributed by atoms with E-state index < -0.39 is 118 Å². The van der Waals surface area contributed by atoms with Gasteiger partial charge in [-0.15, -0.1) is 0 Å². The molecule has 13 N–H and O–H groups in total. The van der Waals surface area contributed by atoms with Crippen LogP contribution in [0.15, 0.2) is 72.8 Å². The highest BCUT2D eigenvalue weighted by molar-refractivity contribution is 14.1. The van der Waals surface area contributed by atoms with Crippen LogP contribution in [-0.2, 0) is 99.0 Å². The van der Waals surface area contributed by atoms with Crippen LogP contribution in [0.2, 0.25) is 0 Å². The maximum atomic E-state index is 13.7. The molecule has 6 atom stereocenters. The fourth-order valence-corrected chi connectivity index (χ4v) is 11.6. The SMILES string of the molecule is O=C(O)CCC(C(=O)O)N(COCCC[C@H](NC(=O)CC[C@H](NC(=O)CCCCCNC(=O)CCC(NC(=O)CCOCCOCCOCCOCCNC(=O)CCC(=O)N1Cc2ccccc2C#Cc2ccccc21)C(=O)NC(CCCCNC(=O)CCCc1ccc(I)cc1)C(=O)O)C(=O)O)C(=O)O)PO. The number of ether oxygens (including phenoxy) is 5. The summed E-state index contributed by atoms with van der Waals surface area (Å²) in [7, 11) is -1.04. The minimum absolute atomic E-state index is 0.000538. The first-order chi connectivity index (χ1) is 51.9. The van der Waals surface area contributed by atoms with E-state index in [1.807, 2.05) is 72.8 Å². The Kier molecular flexibility index (Phi) is 45.7. The number of carbonyl (C=O) groups is 13. The van der Waals surface area contributed by atoms with Crippen LogP contribution in [0.5, 0.6) is 0 Å². The quantitative estimate of drug-likeness (QED) is 0.0126. The van der Waals surface area contributed by atoms with Gasteiger partial charge in [0.05, 0.1) is 74.0 Å². The van der Waals surface area contributed by atoms with Gasteiger partial charge in [0.25, 0.3) is 0 Å². The van der Waals surface area contributed by atoms with Crippen molar-refractivity contribution in [2.24, 2.45) is 0 Å². The highest BCUT2D eigenvalue weighted by Gasteiger charge is 2.30. The zero-order valence-corrected chi connectivity index (χ0v) is 63.5. The summed E-state index contributed by atoms with van der Waals surface area (Å²) in [5.74, 6) is -4.51. The van der Waals surface area contributed by atoms with Gasteiger partial charge >= 0.3 is 29.8 Å². The van der Waals surface area contributed by atoms with Gasteiger partial charge in [0, 0.05) is 92.3 Å². The lowest BCUT2D eigenvalue weighted by Gasteiger charge is -2.26. The van der Waals surface area contributed by atoms with E-state index in [2.05, 4.69) is 71.6 Å². The molecule has 3 aromatic rings. The maximum absolute atomic E-state index is 13.7. The molecule has 1 aliphatic rings. The monoisotopic (exact) mass is 1650 g/mol. The number of rotatable bonds is 59. The smallest absolute Gasteiger partial charge is 0.326 e. The number of aryl methyl sites for hydroxylation is 1. The van der Waals surface area contributed by atoms with E-state index in [1.165, 1.54) is 0 Å². The Labute approximate surface area is 642 Å². The number of nitrogens with zero attached hydrogens (tertiary/aromatic N) is 2. The summed E-state index contributed by atoms with van der Waals surface area (Å²) in [5, 5.41) is 65.8. The van der Waals surface area contributed by atoms with E-state index >= 15 is 0 Å². The minimum Gasteiger partial charge on any atom is -0.481 e. The van der Waals surface area contributed by atoms with E-state index in [1.54, 1.807) is 4.90 Å². The molecule has 0 saturated carbocycles. The second-order valence-electron chi connectivity index (χ2n) is 25.0. The van der Waals surface area contributed by atoms with Gasteiger partial charge in [0.15, 0.2) is 0 Å². The maximum Gasteiger partial charge on any atom is 0.326 e. The number of para-hydroxylation sites is 1. The molecule has 4 rings (SSSR count). The average molecular weight is 1650 g/mol. The summed E-state index contributed by atoms with van der Waals surface area (Å²) >= 11 is 2.22. The Morgan fingerprint density at radius 2 is 0.954 bits per heavy atom. The number of unbranched alkanes of at least 4 members (excludes halogenated alkanes) is 3. The molecule has 3 aromatic carbocycles. The van der Waals surface area contributed by atoms with Crippen LogP contribution in [0.4, 0.5) is 5.69 Å². The largest absolute Gasteiger partial charge is 0.481 e. The molecule has 8 amide bonds. The molecule has 1 aliphatic heterocycles. The van der Waals surface area contributed by atoms with Crippen molar-refractivity contribution in [3.8, 4) is 11.8 Å². The molecule has 0 aromatic heterocycles. The fourth-order valence-electron chi connectivity index (χ4n) is 10.7. The highest BCUT2D eigenvalue weighted by atomic mass is 127. The molecule has 0 bridgehead atoms. The lowest BCUT2D eigenvalue weighted by atomic mass is 10.0. The van der Waals surface area contributed by atoms with Crippen LogP contribution in [0.25, 0.3) is 0 Å². The van der Waals surface area contributed by atoms with Crippen LogP contribution in [0.1, 0.15) is 151 Å². The molecule has 0 spiro atoms. The molecule has 0 aliphatic carbocycles. The minimum atomic E-state index is -1.50. The number of carboxylic acid groups (broad SMARTS) is 5. The summed E-state index contributed by atoms with van der Waals surface area (Å²) in [5.41, 5.74) is 4.30. The fraction of sp³-hybridized carbons (Fsp3) is 0.548. The number of carboxylic acids is 5. The van der Waals surface area contributed by atoms with Crippen LogP contribution in [-0.4, -0.2) is 228 Å². The number of hydrogen-bond acceptors (Lipinski definition) is 20. The number of carbonyl (C=O) groups excluding carboxylic acids is 8. The van der Waals surface area contributed by atoms with E-state index in [9.17, 15) is 87.6 Å². The summed E-state index contributed by atoms with van der Waals surface area (Å²) in [6.45, 7) is 1.85. The van der Waals surface area contributed by atoms with E-state index in [-0.39, 0.29) is 174 Å². The summed E-state index contributed by atoms with van der Waals surface area (Å²) < 4.78 is 29.7. The van der Waals surface area contributed by atoms with Crippen molar-refractivity contribution in [3.63, 3.8) is 0 Å². The molecule has 33 nitrogen and oxygen atoms in total. The Morgan fingerprint density at radius 1 is 0.444 bits per heavy atom. The summed E-state index contributed by atoms with van der Waals surface area (Å²) in [6, 6.07) is 16.1. The van der Waals surface area contributed by atoms with Crippen molar-refractivity contribution < 1.29 is 116 Å². The number of hydrogen-bond donors (Lipinski definition) is 13. The second kappa shape index (κ2) is 53.9. The topological polar surface area (TPSA) is 480 Å². The number of nitrogens with one attached hydrogen (secondary N) is 7. The standard InChI is InChI=1S/C73H101IN9O24P/c74-54-25-21-50(22-26-54)12-10-20-61(84)75-37-9-7-16-57(71(96)97)81-69(93)55(27-30-62(85)76-36-8-1-2-19-64(87)80-58(72(98)99)28-31-65(88)79-56(70(94)95)17-11-39-107-49-83(108-102)60(73(100)101)29-34-68(91)92)78-66(89)35-40-103-42-44-105-46-47-106-45-43-104-41-38-77-63(86)32-33-67(90)82-48-53-15-4-3-13-51(53)23-24-52-14-5-6-18-59(52)82/h3-6,13-15,18,21-22,25-26,55-58,60,102,108H,1-2,7-12,16-17,19-20,27-49H2,(H,75,84)(H,76,85)(H,77,86)(H,78,89)(H,79,88)(H,80,87)(H,81,93)(H,91,92)(H,94,95)(H,96,97)(H,98,99)(H,100,101)/t55?,56-,57?,58-,60?/m0/s1. The number of benzene rings is 3. The number of halogens is 1. The molecule has 0 saturated heterocycles. The van der Waals surface area contributed by atoms with Gasteiger partial charge < -0.3 is 96.2 Å². The number of aliphatic carboxylic acids is 5. The van der Waals surface area contributed by atoms with Gasteiger partial charge in [-0.1, -0.05) is 60.7 Å². The first-order valence-electron chi connectivity index (χ1n) is 35.8. The normalized spacial score (nSPS) is 13.0. The van der Waals surface area contributed by atoms with Gasteiger partial charge in [-0.25, -0.2) is 19.1 Å². The molecule has 0 radical (unpaired) electrons. The zero-order valence-electron chi connectivity index (χ0n) is 60.4. The van der Waals surface area contributed by atoms with E-state index in [4.69, 9.17) is 28.8 Å². The Bertz CT molecular complexity index is 3450. The molecule has 108 heavy (non-hydrogen) atoms. The zero-order chi connectivity index (χ0) is 78.9. The highest BCUT2D eigenvalue weighted by Crippen LogP contribution is 2.27. The first-order valence-corrected chi connectivity index (χ1v) is 37.8. The molecule has 594 valence electrons. The van der Waals surface area contributed by atoms with Crippen molar-refractivity contribution in [2.75, 3.05) is 90.7 Å². The average Bonchev–Trinajstić information content (AvgIpc) is 0.803. The third-order valence-corrected chi connectivity index (χ3v) is 18.0. The lowest BCUT2D eigenvalue weighted by molar-refractivity contribution is -0.145. The summed E-state index contributed by atoms with van der Waals surface area (Å²) in [4.78, 5) is 174. The predicted octanol–water partition coefficient (Wildman–Crippen LogP) is 3.50. The Morgan fingerprint density at radius 3 is 1.60 bits per heavy atom. The van der Waals surface area contributed by atoms with Gasteiger partial charge in [-0.2, -0.15) is 0 Å². The third kappa shape index (κ3) is 39.4. The molecule has 0 fully saturated rings. The number of fused-ring (bicyclic) bond motifs is 2. The van der Waals surface area contributed by atoms with Crippen molar-refractivity contribution in [1.29, 1.82) is 0 Å². The van der Waals surface area contributed by atoms with Crippen molar-refractivity contribution >= 4 is 114 Å². The number of amides is 8. The van der Waals surface area contributed by atoms with Crippen molar-refractivity contribution in [1.82, 2.24) is 41.9 Å². The van der Waals surface area contributed by atoms with Gasteiger partial charge in [0.2, 0.25) is 47.3 Å². The molecule has 1 heterocycles. The summed E-state index contributed by atoms with van der Waals surface area (Å²) in [6.07, 6.45) is 0.880.